The molecule has 1 unspecified atom stereocenters. The van der Waals surface area contributed by atoms with E-state index >= 15 is 0 Å². The van der Waals surface area contributed by atoms with Crippen LogP contribution >= 0.6 is 0 Å². The Balaban J connectivity index is 1.19. The molecule has 0 radical (unpaired) electrons. The Labute approximate surface area is 362 Å². The van der Waals surface area contributed by atoms with Crippen LogP contribution < -0.4 is 0 Å². The van der Waals surface area contributed by atoms with Crippen LogP contribution in [-0.2, 0) is 0 Å². The summed E-state index contributed by atoms with van der Waals surface area (Å²) in [4.78, 5) is 13.2. The minimum Gasteiger partial charge on any atom is -0.455 e. The predicted molar refractivity (Wildman–Crippen MR) is 262 cm³/mol. The normalized spacial score (nSPS) is 15.6. The van der Waals surface area contributed by atoms with E-state index in [1.165, 1.54) is 27.1 Å². The van der Waals surface area contributed by atoms with E-state index in [9.17, 15) is 0 Å². The maximum atomic E-state index is 6.99. The van der Waals surface area contributed by atoms with Crippen LogP contribution in [0.15, 0.2) is 220 Å². The molecule has 4 heterocycles. The number of para-hydroxylation sites is 3. The number of benzene rings is 8. The zero-order chi connectivity index (χ0) is 41.6. The highest BCUT2D eigenvalue weighted by atomic mass is 16.3. The molecule has 6 heteroatoms. The van der Waals surface area contributed by atoms with E-state index in [2.05, 4.69) is 215 Å². The molecule has 13 rings (SSSR count). The second-order valence-corrected chi connectivity index (χ2v) is 16.5. The number of likely N-dealkylation sites (N-methyl/N-ethyl adjacent to an activating group) is 1. The molecule has 0 N–H and O–H groups in total. The minimum absolute atomic E-state index is 0.451. The number of aromatic nitrogens is 2. The third kappa shape index (κ3) is 5.38. The maximum absolute atomic E-state index is 6.99. The Bertz CT molecular complexity index is 3840. The molecule has 6 nitrogen and oxygen atoms in total. The van der Waals surface area contributed by atoms with Crippen LogP contribution in [0.3, 0.4) is 0 Å². The number of hydrogen-bond acceptors (Lipinski definition) is 4. The molecule has 8 aromatic carbocycles. The highest BCUT2D eigenvalue weighted by Crippen LogP contribution is 2.48. The number of amidine groups is 2. The Kier molecular flexibility index (Phi) is 7.84. The highest BCUT2D eigenvalue weighted by molar-refractivity contribution is 6.28. The molecule has 63 heavy (non-hydrogen) atoms. The van der Waals surface area contributed by atoms with Crippen molar-refractivity contribution in [2.75, 3.05) is 7.05 Å². The lowest BCUT2D eigenvalue weighted by atomic mass is 9.99. The second-order valence-electron chi connectivity index (χ2n) is 16.5. The predicted octanol–water partition coefficient (Wildman–Crippen LogP) is 14.2. The van der Waals surface area contributed by atoms with Gasteiger partial charge in [0.15, 0.2) is 12.0 Å². The Morgan fingerprint density at radius 3 is 2.19 bits per heavy atom. The average Bonchev–Trinajstić information content (AvgIpc) is 3.91. The quantitative estimate of drug-likeness (QED) is 0.174. The molecule has 1 atom stereocenters. The average molecular weight is 810 g/mol. The van der Waals surface area contributed by atoms with Gasteiger partial charge in [0.2, 0.25) is 0 Å². The SMILES string of the molecule is CN1C(C2=CC=CCC=C2)=NC(c2ccccc2)=NC1c1cc2c3ccccc3oc2c2c3ccc4ccccc4c3n(-c3ccc4c(c3)c3ccccc3n4-c3ccccc3)c12. The van der Waals surface area contributed by atoms with Crippen LogP contribution in [0.4, 0.5) is 0 Å². The Hall–Kier alpha value is -8.22. The molecule has 0 bridgehead atoms. The summed E-state index contributed by atoms with van der Waals surface area (Å²) in [6, 6.07) is 60.7. The summed E-state index contributed by atoms with van der Waals surface area (Å²) in [5.41, 5.74) is 11.5. The van der Waals surface area contributed by atoms with Crippen molar-refractivity contribution >= 4 is 88.0 Å². The molecule has 3 aromatic heterocycles. The van der Waals surface area contributed by atoms with Crippen molar-refractivity contribution in [2.24, 2.45) is 9.98 Å². The zero-order valence-electron chi connectivity index (χ0n) is 34.5. The number of hydrogen-bond donors (Lipinski definition) is 0. The first-order chi connectivity index (χ1) is 31.2. The number of nitrogens with zero attached hydrogens (tertiary/aromatic N) is 5. The van der Waals surface area contributed by atoms with E-state index in [1.54, 1.807) is 0 Å². The van der Waals surface area contributed by atoms with Gasteiger partial charge in [0.1, 0.15) is 17.0 Å². The molecular formula is C57H39N5O. The molecular weight excluding hydrogens is 771 g/mol. The van der Waals surface area contributed by atoms with E-state index in [4.69, 9.17) is 14.4 Å². The molecule has 0 spiro atoms. The van der Waals surface area contributed by atoms with E-state index in [-0.39, 0.29) is 0 Å². The van der Waals surface area contributed by atoms with Crippen LogP contribution in [0.2, 0.25) is 0 Å². The number of aliphatic imine (C=N–C) groups is 2. The van der Waals surface area contributed by atoms with Crippen LogP contribution in [0.1, 0.15) is 23.7 Å². The van der Waals surface area contributed by atoms with Crippen LogP contribution in [0, 0.1) is 0 Å². The topological polar surface area (TPSA) is 51.0 Å². The summed E-state index contributed by atoms with van der Waals surface area (Å²) in [6.07, 6.45) is 11.3. The van der Waals surface area contributed by atoms with E-state index in [1.807, 2.05) is 6.07 Å². The van der Waals surface area contributed by atoms with Gasteiger partial charge < -0.3 is 18.5 Å². The monoisotopic (exact) mass is 809 g/mol. The van der Waals surface area contributed by atoms with E-state index < -0.39 is 6.17 Å². The number of rotatable bonds is 5. The molecule has 0 saturated carbocycles. The third-order valence-corrected chi connectivity index (χ3v) is 12.9. The smallest absolute Gasteiger partial charge is 0.159 e. The fraction of sp³-hybridized carbons (Fsp3) is 0.0526. The van der Waals surface area contributed by atoms with Crippen molar-refractivity contribution in [3.05, 3.63) is 217 Å². The molecule has 0 fully saturated rings. The molecule has 1 aliphatic carbocycles. The Morgan fingerprint density at radius 2 is 1.32 bits per heavy atom. The first-order valence-electron chi connectivity index (χ1n) is 21.6. The summed E-state index contributed by atoms with van der Waals surface area (Å²) >= 11 is 0. The van der Waals surface area contributed by atoms with E-state index in [0.717, 1.165) is 89.6 Å². The summed E-state index contributed by atoms with van der Waals surface area (Å²) in [5.74, 6) is 1.56. The fourth-order valence-electron chi connectivity index (χ4n) is 10.1. The summed E-state index contributed by atoms with van der Waals surface area (Å²) < 4.78 is 11.9. The van der Waals surface area contributed by atoms with Gasteiger partial charge in [0.25, 0.3) is 0 Å². The summed E-state index contributed by atoms with van der Waals surface area (Å²) in [6.45, 7) is 0. The molecule has 0 saturated heterocycles. The number of furan rings is 1. The molecule has 0 amide bonds. The lowest BCUT2D eigenvalue weighted by molar-refractivity contribution is 0.384. The summed E-state index contributed by atoms with van der Waals surface area (Å²) in [7, 11) is 2.13. The van der Waals surface area contributed by atoms with Gasteiger partial charge in [-0.25, -0.2) is 9.98 Å². The van der Waals surface area contributed by atoms with Crippen LogP contribution in [0.25, 0.3) is 87.7 Å². The molecule has 1 aliphatic heterocycles. The van der Waals surface area contributed by atoms with Crippen molar-refractivity contribution in [3.8, 4) is 11.4 Å². The third-order valence-electron chi connectivity index (χ3n) is 12.9. The van der Waals surface area contributed by atoms with Gasteiger partial charge in [-0.2, -0.15) is 0 Å². The van der Waals surface area contributed by atoms with Gasteiger partial charge in [-0.05, 0) is 60.3 Å². The highest BCUT2D eigenvalue weighted by Gasteiger charge is 2.33. The lowest BCUT2D eigenvalue weighted by Gasteiger charge is -2.33. The van der Waals surface area contributed by atoms with Crippen molar-refractivity contribution in [2.45, 2.75) is 12.6 Å². The van der Waals surface area contributed by atoms with Crippen molar-refractivity contribution < 1.29 is 4.42 Å². The summed E-state index contributed by atoms with van der Waals surface area (Å²) in [5, 5.41) is 9.05. The van der Waals surface area contributed by atoms with Crippen molar-refractivity contribution in [1.29, 1.82) is 0 Å². The van der Waals surface area contributed by atoms with Gasteiger partial charge in [0.05, 0.1) is 27.5 Å². The van der Waals surface area contributed by atoms with Gasteiger partial charge in [-0.3, -0.25) is 0 Å². The zero-order valence-corrected chi connectivity index (χ0v) is 34.5. The van der Waals surface area contributed by atoms with Crippen molar-refractivity contribution in [1.82, 2.24) is 14.0 Å². The van der Waals surface area contributed by atoms with Crippen LogP contribution in [-0.4, -0.2) is 32.8 Å². The number of allylic oxidation sites excluding steroid dienone is 4. The molecule has 298 valence electrons. The van der Waals surface area contributed by atoms with Gasteiger partial charge in [-0.15, -0.1) is 0 Å². The largest absolute Gasteiger partial charge is 0.455 e. The first kappa shape index (κ1) is 35.5. The van der Waals surface area contributed by atoms with Gasteiger partial charge in [0, 0.05) is 67.4 Å². The Morgan fingerprint density at radius 1 is 0.571 bits per heavy atom. The minimum atomic E-state index is -0.451. The second kappa shape index (κ2) is 13.9. The van der Waals surface area contributed by atoms with E-state index in [0.29, 0.717) is 5.84 Å². The lowest BCUT2D eigenvalue weighted by Crippen LogP contribution is -2.36. The molecule has 2 aliphatic rings. The van der Waals surface area contributed by atoms with Gasteiger partial charge in [-0.1, -0.05) is 152 Å². The van der Waals surface area contributed by atoms with Crippen molar-refractivity contribution in [3.63, 3.8) is 0 Å². The van der Waals surface area contributed by atoms with Gasteiger partial charge >= 0.3 is 0 Å². The standard InChI is InChI=1S/C57H39N5O/c1-60-56(38-21-6-2-3-7-22-38)58-55(37-19-8-4-9-20-37)59-57(60)47-35-46-43-27-15-17-29-50(43)63-54(46)51-44-32-30-36-18-12-13-25-41(36)52(44)62(53(47)51)40-31-33-49-45(34-40)42-26-14-16-28-48(42)61(49)39-23-10-5-11-24-39/h2,4-35,57H,3H2,1H3. The number of fused-ring (bicyclic) bond motifs is 12. The molecule has 11 aromatic rings. The fourth-order valence-corrected chi connectivity index (χ4v) is 10.1. The maximum Gasteiger partial charge on any atom is 0.159 e. The first-order valence-corrected chi connectivity index (χ1v) is 21.6. The van der Waals surface area contributed by atoms with Crippen LogP contribution in [0.5, 0.6) is 0 Å².